The van der Waals surface area contributed by atoms with Crippen LogP contribution in [0.5, 0.6) is 5.75 Å². The van der Waals surface area contributed by atoms with Crippen LogP contribution in [0.15, 0.2) is 18.2 Å². The molecule has 2 rings (SSSR count). The van der Waals surface area contributed by atoms with Gasteiger partial charge in [0.05, 0.1) is 31.2 Å². The standard InChI is InChI=1S/C11H12BrClO3/c1-14-10-6-8(13)2-3-9(10)11(7-12)15-4-5-16-11/h2-3,6H,4-5,7H2,1H3. The number of halogens is 2. The van der Waals surface area contributed by atoms with Gasteiger partial charge in [0.1, 0.15) is 5.75 Å². The van der Waals surface area contributed by atoms with E-state index in [1.165, 1.54) is 0 Å². The lowest BCUT2D eigenvalue weighted by Gasteiger charge is -2.27. The first kappa shape index (κ1) is 12.2. The average molecular weight is 308 g/mol. The first-order valence-corrected chi connectivity index (χ1v) is 6.40. The van der Waals surface area contributed by atoms with Crippen LogP contribution in [-0.2, 0) is 15.3 Å². The minimum atomic E-state index is -0.754. The summed E-state index contributed by atoms with van der Waals surface area (Å²) in [5.41, 5.74) is 0.855. The highest BCUT2D eigenvalue weighted by atomic mass is 79.9. The normalized spacial score (nSPS) is 18.7. The van der Waals surface area contributed by atoms with Crippen LogP contribution in [0.25, 0.3) is 0 Å². The fraction of sp³-hybridized carbons (Fsp3) is 0.455. The lowest BCUT2D eigenvalue weighted by Crippen LogP contribution is -2.29. The first-order valence-electron chi connectivity index (χ1n) is 4.90. The molecule has 1 aromatic carbocycles. The lowest BCUT2D eigenvalue weighted by molar-refractivity contribution is -0.145. The summed E-state index contributed by atoms with van der Waals surface area (Å²) in [4.78, 5) is 0. The molecule has 1 heterocycles. The predicted molar refractivity (Wildman–Crippen MR) is 65.4 cm³/mol. The molecule has 5 heteroatoms. The van der Waals surface area contributed by atoms with E-state index in [9.17, 15) is 0 Å². The first-order chi connectivity index (χ1) is 7.72. The second kappa shape index (κ2) is 4.92. The van der Waals surface area contributed by atoms with Crippen molar-refractivity contribution in [3.63, 3.8) is 0 Å². The molecular formula is C11H12BrClO3. The third-order valence-electron chi connectivity index (χ3n) is 2.50. The summed E-state index contributed by atoms with van der Waals surface area (Å²) >= 11 is 9.33. The third kappa shape index (κ3) is 2.07. The van der Waals surface area contributed by atoms with E-state index >= 15 is 0 Å². The van der Waals surface area contributed by atoms with Crippen molar-refractivity contribution in [3.05, 3.63) is 28.8 Å². The summed E-state index contributed by atoms with van der Waals surface area (Å²) in [6, 6.07) is 5.43. The van der Waals surface area contributed by atoms with Crippen LogP contribution >= 0.6 is 27.5 Å². The zero-order valence-corrected chi connectivity index (χ0v) is 11.2. The Labute approximate surface area is 108 Å². The summed E-state index contributed by atoms with van der Waals surface area (Å²) in [6.07, 6.45) is 0. The van der Waals surface area contributed by atoms with E-state index < -0.39 is 5.79 Å². The van der Waals surface area contributed by atoms with Gasteiger partial charge in [0.2, 0.25) is 5.79 Å². The van der Waals surface area contributed by atoms with Crippen LogP contribution in [0.4, 0.5) is 0 Å². The molecule has 0 aromatic heterocycles. The molecule has 0 N–H and O–H groups in total. The molecular weight excluding hydrogens is 295 g/mol. The van der Waals surface area contributed by atoms with Crippen LogP contribution in [0, 0.1) is 0 Å². The van der Waals surface area contributed by atoms with Gasteiger partial charge in [-0.25, -0.2) is 0 Å². The van der Waals surface area contributed by atoms with Gasteiger partial charge in [0.15, 0.2) is 0 Å². The molecule has 0 saturated carbocycles. The minimum absolute atomic E-state index is 0.554. The van der Waals surface area contributed by atoms with Crippen LogP contribution in [0.3, 0.4) is 0 Å². The van der Waals surface area contributed by atoms with E-state index in [4.69, 9.17) is 25.8 Å². The van der Waals surface area contributed by atoms with Crippen molar-refractivity contribution >= 4 is 27.5 Å². The van der Waals surface area contributed by atoms with Gasteiger partial charge in [-0.2, -0.15) is 0 Å². The van der Waals surface area contributed by atoms with E-state index in [1.54, 1.807) is 19.2 Å². The Kier molecular flexibility index (Phi) is 3.74. The van der Waals surface area contributed by atoms with Crippen molar-refractivity contribution in [2.75, 3.05) is 25.7 Å². The molecule has 0 spiro atoms. The van der Waals surface area contributed by atoms with Gasteiger partial charge in [-0.3, -0.25) is 0 Å². The third-order valence-corrected chi connectivity index (χ3v) is 3.48. The van der Waals surface area contributed by atoms with E-state index in [2.05, 4.69) is 15.9 Å². The molecule has 1 fully saturated rings. The fourth-order valence-electron chi connectivity index (χ4n) is 1.74. The largest absolute Gasteiger partial charge is 0.496 e. The SMILES string of the molecule is COc1cc(Cl)ccc1C1(CBr)OCCO1. The summed E-state index contributed by atoms with van der Waals surface area (Å²) in [6.45, 7) is 1.16. The molecule has 0 unspecified atom stereocenters. The number of rotatable bonds is 3. The molecule has 1 aliphatic heterocycles. The Morgan fingerprint density at radius 3 is 2.69 bits per heavy atom. The number of hydrogen-bond donors (Lipinski definition) is 0. The number of alkyl halides is 1. The molecule has 0 atom stereocenters. The molecule has 0 amide bonds. The minimum Gasteiger partial charge on any atom is -0.496 e. The smallest absolute Gasteiger partial charge is 0.208 e. The van der Waals surface area contributed by atoms with Gasteiger partial charge in [0, 0.05) is 5.02 Å². The highest BCUT2D eigenvalue weighted by Crippen LogP contribution is 2.39. The maximum absolute atomic E-state index is 5.92. The van der Waals surface area contributed by atoms with Gasteiger partial charge < -0.3 is 14.2 Å². The van der Waals surface area contributed by atoms with Gasteiger partial charge >= 0.3 is 0 Å². The molecule has 1 saturated heterocycles. The van der Waals surface area contributed by atoms with Gasteiger partial charge in [-0.15, -0.1) is 0 Å². The highest BCUT2D eigenvalue weighted by molar-refractivity contribution is 9.09. The highest BCUT2D eigenvalue weighted by Gasteiger charge is 2.39. The van der Waals surface area contributed by atoms with Crippen molar-refractivity contribution in [1.29, 1.82) is 0 Å². The zero-order valence-electron chi connectivity index (χ0n) is 8.83. The molecule has 0 radical (unpaired) electrons. The zero-order chi connectivity index (χ0) is 11.6. The van der Waals surface area contributed by atoms with E-state index in [0.29, 0.717) is 29.3 Å². The Balaban J connectivity index is 2.45. The van der Waals surface area contributed by atoms with E-state index in [-0.39, 0.29) is 0 Å². The van der Waals surface area contributed by atoms with Crippen molar-refractivity contribution < 1.29 is 14.2 Å². The second-order valence-electron chi connectivity index (χ2n) is 3.43. The van der Waals surface area contributed by atoms with Crippen molar-refractivity contribution in [1.82, 2.24) is 0 Å². The molecule has 0 aliphatic carbocycles. The second-order valence-corrected chi connectivity index (χ2v) is 4.43. The number of benzene rings is 1. The van der Waals surface area contributed by atoms with E-state index in [0.717, 1.165) is 5.56 Å². The van der Waals surface area contributed by atoms with Crippen LogP contribution in [0.1, 0.15) is 5.56 Å². The molecule has 3 nitrogen and oxygen atoms in total. The van der Waals surface area contributed by atoms with E-state index in [1.807, 2.05) is 6.07 Å². The topological polar surface area (TPSA) is 27.7 Å². The Morgan fingerprint density at radius 1 is 1.44 bits per heavy atom. The summed E-state index contributed by atoms with van der Waals surface area (Å²) in [7, 11) is 1.60. The Morgan fingerprint density at radius 2 is 2.12 bits per heavy atom. The molecule has 1 aromatic rings. The summed E-state index contributed by atoms with van der Waals surface area (Å²) in [5.74, 6) is -0.0792. The van der Waals surface area contributed by atoms with Crippen molar-refractivity contribution in [2.45, 2.75) is 5.79 Å². The van der Waals surface area contributed by atoms with Crippen molar-refractivity contribution in [3.8, 4) is 5.75 Å². The van der Waals surface area contributed by atoms with Gasteiger partial charge in [-0.05, 0) is 18.2 Å². The fourth-order valence-corrected chi connectivity index (χ4v) is 2.53. The number of methoxy groups -OCH3 is 1. The quantitative estimate of drug-likeness (QED) is 0.804. The maximum atomic E-state index is 5.92. The predicted octanol–water partition coefficient (Wildman–Crippen LogP) is 2.94. The summed E-state index contributed by atoms with van der Waals surface area (Å²) < 4.78 is 16.6. The Hall–Kier alpha value is -0.290. The molecule has 0 bridgehead atoms. The summed E-state index contributed by atoms with van der Waals surface area (Å²) in [5, 5.41) is 1.18. The van der Waals surface area contributed by atoms with Gasteiger partial charge in [0.25, 0.3) is 0 Å². The lowest BCUT2D eigenvalue weighted by atomic mass is 10.1. The average Bonchev–Trinajstić information content (AvgIpc) is 2.78. The van der Waals surface area contributed by atoms with Gasteiger partial charge in [-0.1, -0.05) is 27.5 Å². The molecule has 1 aliphatic rings. The molecule has 88 valence electrons. The Bertz CT molecular complexity index is 377. The monoisotopic (exact) mass is 306 g/mol. The number of ether oxygens (including phenoxy) is 3. The maximum Gasteiger partial charge on any atom is 0.208 e. The van der Waals surface area contributed by atoms with Crippen LogP contribution in [0.2, 0.25) is 5.02 Å². The number of hydrogen-bond acceptors (Lipinski definition) is 3. The molecule has 16 heavy (non-hydrogen) atoms. The van der Waals surface area contributed by atoms with Crippen molar-refractivity contribution in [2.24, 2.45) is 0 Å². The van der Waals surface area contributed by atoms with Crippen LogP contribution < -0.4 is 4.74 Å². The van der Waals surface area contributed by atoms with Crippen LogP contribution in [-0.4, -0.2) is 25.7 Å².